The number of para-hydroxylation sites is 2. The number of halogens is 1. The lowest BCUT2D eigenvalue weighted by molar-refractivity contribution is 0.0115. The van der Waals surface area contributed by atoms with E-state index in [1.807, 2.05) is 59.2 Å². The van der Waals surface area contributed by atoms with Crippen molar-refractivity contribution in [3.05, 3.63) is 77.7 Å². The van der Waals surface area contributed by atoms with Crippen LogP contribution in [0.25, 0.3) is 16.9 Å². The third-order valence-corrected chi connectivity index (χ3v) is 5.85. The van der Waals surface area contributed by atoms with Crippen LogP contribution in [-0.4, -0.2) is 37.7 Å². The van der Waals surface area contributed by atoms with Crippen LogP contribution < -0.4 is 4.90 Å². The molecule has 29 heavy (non-hydrogen) atoms. The number of nitrogens with zero attached hydrogens (tertiary/aromatic N) is 5. The van der Waals surface area contributed by atoms with Crippen molar-refractivity contribution < 1.29 is 5.11 Å². The molecule has 7 heteroatoms. The Morgan fingerprint density at radius 3 is 2.45 bits per heavy atom. The molecule has 0 saturated carbocycles. The van der Waals surface area contributed by atoms with Gasteiger partial charge >= 0.3 is 0 Å². The van der Waals surface area contributed by atoms with Gasteiger partial charge in [-0.25, -0.2) is 9.97 Å². The molecule has 1 aliphatic heterocycles. The number of rotatable bonds is 3. The smallest absolute Gasteiger partial charge is 0.227 e. The fraction of sp³-hybridized carbons (Fsp3) is 0.227. The zero-order valence-electron chi connectivity index (χ0n) is 15.7. The SMILES string of the molecule is OC1(c2ccccc2)CCN(c2ncc(Cl)c(-n3cnc4ccccc43)n2)CC1. The Bertz CT molecular complexity index is 1150. The summed E-state index contributed by atoms with van der Waals surface area (Å²) < 4.78 is 1.88. The Kier molecular flexibility index (Phi) is 4.45. The molecule has 146 valence electrons. The number of piperidine rings is 1. The second-order valence-electron chi connectivity index (χ2n) is 7.33. The molecule has 0 amide bonds. The molecule has 0 unspecified atom stereocenters. The van der Waals surface area contributed by atoms with Crippen molar-refractivity contribution in [3.63, 3.8) is 0 Å². The predicted octanol–water partition coefficient (Wildman–Crippen LogP) is 3.96. The molecular weight excluding hydrogens is 386 g/mol. The molecule has 3 heterocycles. The van der Waals surface area contributed by atoms with Gasteiger partial charge in [0.2, 0.25) is 5.95 Å². The van der Waals surface area contributed by atoms with E-state index < -0.39 is 5.60 Å². The lowest BCUT2D eigenvalue weighted by Gasteiger charge is -2.38. The van der Waals surface area contributed by atoms with Gasteiger partial charge in [-0.1, -0.05) is 54.1 Å². The first-order chi connectivity index (χ1) is 14.1. The van der Waals surface area contributed by atoms with Crippen LogP contribution in [0.15, 0.2) is 67.1 Å². The third kappa shape index (κ3) is 3.24. The first kappa shape index (κ1) is 18.1. The zero-order valence-corrected chi connectivity index (χ0v) is 16.5. The van der Waals surface area contributed by atoms with Gasteiger partial charge in [0, 0.05) is 13.1 Å². The van der Waals surface area contributed by atoms with Gasteiger partial charge in [-0.2, -0.15) is 4.98 Å². The van der Waals surface area contributed by atoms with Crippen LogP contribution in [0.5, 0.6) is 0 Å². The Morgan fingerprint density at radius 1 is 0.931 bits per heavy atom. The van der Waals surface area contributed by atoms with Gasteiger partial charge < -0.3 is 10.0 Å². The summed E-state index contributed by atoms with van der Waals surface area (Å²) >= 11 is 6.42. The number of benzene rings is 2. The van der Waals surface area contributed by atoms with Crippen LogP contribution in [0.1, 0.15) is 18.4 Å². The minimum absolute atomic E-state index is 0.467. The Hall–Kier alpha value is -2.96. The second-order valence-corrected chi connectivity index (χ2v) is 7.74. The molecule has 4 aromatic rings. The normalized spacial score (nSPS) is 16.3. The molecular formula is C22H20ClN5O. The molecule has 2 aromatic carbocycles. The summed E-state index contributed by atoms with van der Waals surface area (Å²) in [5.41, 5.74) is 1.97. The van der Waals surface area contributed by atoms with Crippen molar-refractivity contribution in [2.24, 2.45) is 0 Å². The van der Waals surface area contributed by atoms with Crippen molar-refractivity contribution in [2.75, 3.05) is 18.0 Å². The number of anilines is 1. The maximum atomic E-state index is 11.1. The van der Waals surface area contributed by atoms with E-state index in [1.54, 1.807) is 12.5 Å². The largest absolute Gasteiger partial charge is 0.385 e. The molecule has 6 nitrogen and oxygen atoms in total. The highest BCUT2D eigenvalue weighted by molar-refractivity contribution is 6.32. The fourth-order valence-electron chi connectivity index (χ4n) is 3.91. The first-order valence-corrected chi connectivity index (χ1v) is 10.00. The average molecular weight is 406 g/mol. The van der Waals surface area contributed by atoms with Crippen molar-refractivity contribution in [3.8, 4) is 5.82 Å². The van der Waals surface area contributed by atoms with E-state index in [-0.39, 0.29) is 0 Å². The monoisotopic (exact) mass is 405 g/mol. The van der Waals surface area contributed by atoms with Crippen LogP contribution in [0.3, 0.4) is 0 Å². The van der Waals surface area contributed by atoms with Crippen molar-refractivity contribution in [2.45, 2.75) is 18.4 Å². The lowest BCUT2D eigenvalue weighted by atomic mass is 9.84. The highest BCUT2D eigenvalue weighted by Crippen LogP contribution is 2.34. The summed E-state index contributed by atoms with van der Waals surface area (Å²) in [6, 6.07) is 17.7. The van der Waals surface area contributed by atoms with E-state index in [0.29, 0.717) is 42.7 Å². The van der Waals surface area contributed by atoms with Crippen LogP contribution in [0.2, 0.25) is 5.02 Å². The summed E-state index contributed by atoms with van der Waals surface area (Å²) in [6.45, 7) is 1.33. The Morgan fingerprint density at radius 2 is 1.66 bits per heavy atom. The van der Waals surface area contributed by atoms with E-state index >= 15 is 0 Å². The number of hydrogen-bond acceptors (Lipinski definition) is 5. The molecule has 0 atom stereocenters. The summed E-state index contributed by atoms with van der Waals surface area (Å²) in [7, 11) is 0. The average Bonchev–Trinajstić information content (AvgIpc) is 3.19. The summed E-state index contributed by atoms with van der Waals surface area (Å²) in [5, 5.41) is 11.5. The van der Waals surface area contributed by atoms with E-state index in [0.717, 1.165) is 16.6 Å². The zero-order chi connectivity index (χ0) is 19.8. The van der Waals surface area contributed by atoms with Crippen LogP contribution in [0.4, 0.5) is 5.95 Å². The molecule has 1 fully saturated rings. The standard InChI is InChI=1S/C22H20ClN5O/c23-17-14-24-21(26-20(17)28-15-25-18-8-4-5-9-19(18)28)27-12-10-22(29,11-13-27)16-6-2-1-3-7-16/h1-9,14-15,29H,10-13H2. The van der Waals surface area contributed by atoms with Gasteiger partial charge in [0.25, 0.3) is 0 Å². The maximum Gasteiger partial charge on any atom is 0.227 e. The Balaban J connectivity index is 1.43. The first-order valence-electron chi connectivity index (χ1n) is 9.62. The number of imidazole rings is 1. The van der Waals surface area contributed by atoms with E-state index in [4.69, 9.17) is 16.6 Å². The molecule has 0 radical (unpaired) electrons. The molecule has 0 bridgehead atoms. The van der Waals surface area contributed by atoms with Crippen molar-refractivity contribution in [1.82, 2.24) is 19.5 Å². The Labute approximate surface area is 173 Å². The molecule has 1 saturated heterocycles. The second kappa shape index (κ2) is 7.13. The van der Waals surface area contributed by atoms with Gasteiger partial charge in [-0.05, 0) is 30.5 Å². The summed E-state index contributed by atoms with van der Waals surface area (Å²) in [5.74, 6) is 1.21. The van der Waals surface area contributed by atoms with E-state index in [1.165, 1.54) is 0 Å². The maximum absolute atomic E-state index is 11.1. The number of aromatic nitrogens is 4. The quantitative estimate of drug-likeness (QED) is 0.559. The van der Waals surface area contributed by atoms with Gasteiger partial charge in [0.15, 0.2) is 5.82 Å². The third-order valence-electron chi connectivity index (χ3n) is 5.58. The van der Waals surface area contributed by atoms with Crippen LogP contribution in [0, 0.1) is 0 Å². The molecule has 2 aromatic heterocycles. The van der Waals surface area contributed by atoms with Crippen molar-refractivity contribution >= 4 is 28.6 Å². The predicted molar refractivity (Wildman–Crippen MR) is 113 cm³/mol. The highest BCUT2D eigenvalue weighted by atomic mass is 35.5. The van der Waals surface area contributed by atoms with Gasteiger partial charge in [0.05, 0.1) is 22.8 Å². The van der Waals surface area contributed by atoms with E-state index in [9.17, 15) is 5.11 Å². The number of hydrogen-bond donors (Lipinski definition) is 1. The van der Waals surface area contributed by atoms with Crippen molar-refractivity contribution in [1.29, 1.82) is 0 Å². The van der Waals surface area contributed by atoms with Gasteiger partial charge in [-0.15, -0.1) is 0 Å². The molecule has 5 rings (SSSR count). The minimum atomic E-state index is -0.812. The van der Waals surface area contributed by atoms with Gasteiger partial charge in [-0.3, -0.25) is 4.57 Å². The number of aliphatic hydroxyl groups is 1. The molecule has 0 aliphatic carbocycles. The fourth-order valence-corrected chi connectivity index (χ4v) is 4.09. The van der Waals surface area contributed by atoms with Crippen LogP contribution in [-0.2, 0) is 5.60 Å². The molecule has 1 N–H and O–H groups in total. The minimum Gasteiger partial charge on any atom is -0.385 e. The topological polar surface area (TPSA) is 67.1 Å². The van der Waals surface area contributed by atoms with E-state index in [2.05, 4.69) is 14.9 Å². The van der Waals surface area contributed by atoms with Gasteiger partial charge in [0.1, 0.15) is 11.3 Å². The highest BCUT2D eigenvalue weighted by Gasteiger charge is 2.34. The summed E-state index contributed by atoms with van der Waals surface area (Å²) in [6.07, 6.45) is 4.59. The molecule has 0 spiro atoms. The number of fused-ring (bicyclic) bond motifs is 1. The lowest BCUT2D eigenvalue weighted by Crippen LogP contribution is -2.43. The molecule has 1 aliphatic rings. The van der Waals surface area contributed by atoms with Crippen LogP contribution >= 0.6 is 11.6 Å². The summed E-state index contributed by atoms with van der Waals surface area (Å²) in [4.78, 5) is 15.7.